The predicted octanol–water partition coefficient (Wildman–Crippen LogP) is 2.57. The minimum absolute atomic E-state index is 0.0831. The summed E-state index contributed by atoms with van der Waals surface area (Å²) >= 11 is 0. The van der Waals surface area contributed by atoms with Gasteiger partial charge in [0.25, 0.3) is 10.0 Å². The van der Waals surface area contributed by atoms with Gasteiger partial charge in [-0.15, -0.1) is 0 Å². The molecule has 1 aromatic carbocycles. The van der Waals surface area contributed by atoms with Crippen LogP contribution in [0.3, 0.4) is 0 Å². The fraction of sp³-hybridized carbons (Fsp3) is 0.308. The molecule has 0 saturated carbocycles. The number of rotatable bonds is 2. The third-order valence-electron chi connectivity index (χ3n) is 3.52. The lowest BCUT2D eigenvalue weighted by molar-refractivity contribution is -0.137. The molecule has 22 heavy (non-hydrogen) atoms. The van der Waals surface area contributed by atoms with Gasteiger partial charge in [0.05, 0.1) is 23.8 Å². The van der Waals surface area contributed by atoms with Gasteiger partial charge in [-0.2, -0.15) is 21.6 Å². The first-order valence-corrected chi connectivity index (χ1v) is 7.95. The summed E-state index contributed by atoms with van der Waals surface area (Å²) in [5, 5.41) is -0.0831. The van der Waals surface area contributed by atoms with Gasteiger partial charge in [0.2, 0.25) is 0 Å². The Hall–Kier alpha value is -2.03. The van der Waals surface area contributed by atoms with Crippen molar-refractivity contribution >= 4 is 15.7 Å². The Labute approximate surface area is 124 Å². The lowest BCUT2D eigenvalue weighted by Gasteiger charge is -2.30. The lowest BCUT2D eigenvalue weighted by Crippen LogP contribution is -2.35. The van der Waals surface area contributed by atoms with E-state index in [1.165, 1.54) is 18.6 Å². The summed E-state index contributed by atoms with van der Waals surface area (Å²) in [5.41, 5.74) is -0.106. The zero-order valence-corrected chi connectivity index (χ0v) is 12.1. The molecule has 1 aromatic heterocycles. The predicted molar refractivity (Wildman–Crippen MR) is 72.9 cm³/mol. The molecule has 0 fully saturated rings. The summed E-state index contributed by atoms with van der Waals surface area (Å²) in [6, 6.07) is 3.13. The molecule has 0 bridgehead atoms. The zero-order chi connectivity index (χ0) is 16.0. The van der Waals surface area contributed by atoms with Gasteiger partial charge in [0, 0.05) is 6.54 Å². The molecule has 5 nitrogen and oxygen atoms in total. The van der Waals surface area contributed by atoms with Crippen LogP contribution in [-0.4, -0.2) is 24.9 Å². The highest BCUT2D eigenvalue weighted by molar-refractivity contribution is 7.92. The number of halogens is 3. The Morgan fingerprint density at radius 3 is 2.68 bits per heavy atom. The number of fused-ring (bicyclic) bond motifs is 1. The number of imidazole rings is 1. The molecule has 0 spiro atoms. The van der Waals surface area contributed by atoms with Crippen LogP contribution in [0.5, 0.6) is 0 Å². The molecule has 0 atom stereocenters. The van der Waals surface area contributed by atoms with E-state index in [0.717, 1.165) is 16.4 Å². The number of sulfonamides is 1. The molecular formula is C13H12F3N3O2S. The van der Waals surface area contributed by atoms with Crippen molar-refractivity contribution in [1.29, 1.82) is 0 Å². The van der Waals surface area contributed by atoms with Gasteiger partial charge >= 0.3 is 6.18 Å². The number of hydrogen-bond donors (Lipinski definition) is 1. The second kappa shape index (κ2) is 5.01. The number of nitrogens with zero attached hydrogens (tertiary/aromatic N) is 2. The molecule has 0 saturated heterocycles. The van der Waals surface area contributed by atoms with E-state index >= 15 is 0 Å². The summed E-state index contributed by atoms with van der Waals surface area (Å²) in [4.78, 5) is 6.20. The minimum Gasteiger partial charge on any atom is -0.334 e. The molecule has 9 heteroatoms. The summed E-state index contributed by atoms with van der Waals surface area (Å²) in [6.07, 6.45) is -1.16. The maximum Gasteiger partial charge on any atom is 0.416 e. The molecule has 2 aromatic rings. The molecule has 0 radical (unpaired) electrons. The number of benzene rings is 1. The number of alkyl halides is 3. The first kappa shape index (κ1) is 14.9. The standard InChI is InChI=1S/C13H12F3N3O2S/c14-13(15,16)10-3-4-11-9(6-10)2-1-5-19(11)22(20,21)12-7-17-8-18-12/h3-4,6-8H,1-2,5H2,(H,17,18). The van der Waals surface area contributed by atoms with Crippen LogP contribution in [0, 0.1) is 0 Å². The van der Waals surface area contributed by atoms with Crippen LogP contribution in [0.4, 0.5) is 18.9 Å². The number of aromatic amines is 1. The fourth-order valence-corrected chi connectivity index (χ4v) is 3.93. The van der Waals surface area contributed by atoms with Crippen molar-refractivity contribution in [2.75, 3.05) is 10.8 Å². The Morgan fingerprint density at radius 2 is 2.05 bits per heavy atom. The summed E-state index contributed by atoms with van der Waals surface area (Å²) < 4.78 is 64.5. The maximum absolute atomic E-state index is 12.8. The quantitative estimate of drug-likeness (QED) is 0.920. The van der Waals surface area contributed by atoms with E-state index in [0.29, 0.717) is 18.4 Å². The molecule has 0 amide bonds. The van der Waals surface area contributed by atoms with Gasteiger partial charge in [-0.25, -0.2) is 4.98 Å². The van der Waals surface area contributed by atoms with E-state index in [2.05, 4.69) is 9.97 Å². The van der Waals surface area contributed by atoms with Crippen molar-refractivity contribution in [1.82, 2.24) is 9.97 Å². The summed E-state index contributed by atoms with van der Waals surface area (Å²) in [7, 11) is -3.85. The van der Waals surface area contributed by atoms with E-state index in [4.69, 9.17) is 0 Å². The van der Waals surface area contributed by atoms with Crippen molar-refractivity contribution in [3.63, 3.8) is 0 Å². The number of H-pyrrole nitrogens is 1. The monoisotopic (exact) mass is 331 g/mol. The second-order valence-electron chi connectivity index (χ2n) is 4.94. The van der Waals surface area contributed by atoms with E-state index in [1.807, 2.05) is 0 Å². The number of anilines is 1. The van der Waals surface area contributed by atoms with E-state index in [9.17, 15) is 21.6 Å². The van der Waals surface area contributed by atoms with Crippen molar-refractivity contribution in [3.8, 4) is 0 Å². The number of nitrogens with one attached hydrogen (secondary N) is 1. The normalized spacial score (nSPS) is 15.7. The van der Waals surface area contributed by atoms with Crippen LogP contribution in [-0.2, 0) is 22.6 Å². The molecule has 1 aliphatic rings. The van der Waals surface area contributed by atoms with Gasteiger partial charge in [-0.05, 0) is 36.6 Å². The molecule has 1 N–H and O–H groups in total. The van der Waals surface area contributed by atoms with Crippen molar-refractivity contribution in [2.24, 2.45) is 0 Å². The third-order valence-corrected chi connectivity index (χ3v) is 5.26. The van der Waals surface area contributed by atoms with Gasteiger partial charge < -0.3 is 4.98 Å². The molecular weight excluding hydrogens is 319 g/mol. The Bertz CT molecular complexity index is 785. The first-order chi connectivity index (χ1) is 10.3. The maximum atomic E-state index is 12.8. The van der Waals surface area contributed by atoms with Crippen molar-refractivity contribution < 1.29 is 21.6 Å². The van der Waals surface area contributed by atoms with Gasteiger partial charge in [0.1, 0.15) is 0 Å². The van der Waals surface area contributed by atoms with Crippen LogP contribution in [0.1, 0.15) is 17.5 Å². The SMILES string of the molecule is O=S(=O)(c1cnc[nH]1)N1CCCc2cc(C(F)(F)F)ccc21. The molecule has 118 valence electrons. The van der Waals surface area contributed by atoms with Crippen LogP contribution in [0.15, 0.2) is 35.7 Å². The average Bonchev–Trinajstić information content (AvgIpc) is 3.00. The van der Waals surface area contributed by atoms with E-state index < -0.39 is 21.8 Å². The van der Waals surface area contributed by atoms with Crippen LogP contribution in [0.2, 0.25) is 0 Å². The smallest absolute Gasteiger partial charge is 0.334 e. The zero-order valence-electron chi connectivity index (χ0n) is 11.3. The largest absolute Gasteiger partial charge is 0.416 e. The number of aromatic nitrogens is 2. The highest BCUT2D eigenvalue weighted by Crippen LogP contribution is 2.36. The van der Waals surface area contributed by atoms with Crippen LogP contribution in [0.25, 0.3) is 0 Å². The molecule has 0 unspecified atom stereocenters. The summed E-state index contributed by atoms with van der Waals surface area (Å²) in [5.74, 6) is 0. The Kier molecular flexibility index (Phi) is 3.39. The van der Waals surface area contributed by atoms with E-state index in [-0.39, 0.29) is 17.3 Å². The number of aryl methyl sites for hydroxylation is 1. The molecule has 2 heterocycles. The fourth-order valence-electron chi connectivity index (χ4n) is 2.49. The van der Waals surface area contributed by atoms with Gasteiger partial charge in [-0.3, -0.25) is 4.31 Å². The van der Waals surface area contributed by atoms with E-state index in [1.54, 1.807) is 0 Å². The molecule has 3 rings (SSSR count). The third kappa shape index (κ3) is 2.45. The van der Waals surface area contributed by atoms with Gasteiger partial charge in [0.15, 0.2) is 5.03 Å². The Morgan fingerprint density at radius 1 is 1.27 bits per heavy atom. The topological polar surface area (TPSA) is 66.1 Å². The summed E-state index contributed by atoms with van der Waals surface area (Å²) in [6.45, 7) is 0.222. The molecule has 0 aliphatic carbocycles. The molecule has 1 aliphatic heterocycles. The highest BCUT2D eigenvalue weighted by Gasteiger charge is 2.34. The highest BCUT2D eigenvalue weighted by atomic mass is 32.2. The van der Waals surface area contributed by atoms with Gasteiger partial charge in [-0.1, -0.05) is 0 Å². The lowest BCUT2D eigenvalue weighted by atomic mass is 10.0. The Balaban J connectivity index is 2.06. The average molecular weight is 331 g/mol. The van der Waals surface area contributed by atoms with Crippen molar-refractivity contribution in [3.05, 3.63) is 41.9 Å². The van der Waals surface area contributed by atoms with Crippen LogP contribution < -0.4 is 4.31 Å². The first-order valence-electron chi connectivity index (χ1n) is 6.51. The second-order valence-corrected chi connectivity index (χ2v) is 6.77. The van der Waals surface area contributed by atoms with Crippen LogP contribution >= 0.6 is 0 Å². The number of hydrogen-bond acceptors (Lipinski definition) is 3. The minimum atomic E-state index is -4.44. The van der Waals surface area contributed by atoms with Crippen molar-refractivity contribution in [2.45, 2.75) is 24.0 Å².